The molecule has 1 fully saturated rings. The van der Waals surface area contributed by atoms with Crippen LogP contribution in [0.2, 0.25) is 0 Å². The molecule has 0 spiro atoms. The highest BCUT2D eigenvalue weighted by molar-refractivity contribution is 5.93. The predicted molar refractivity (Wildman–Crippen MR) is 65.6 cm³/mol. The lowest BCUT2D eigenvalue weighted by Gasteiger charge is -2.26. The van der Waals surface area contributed by atoms with Gasteiger partial charge in [-0.3, -0.25) is 9.48 Å². The zero-order chi connectivity index (χ0) is 12.3. The fourth-order valence-electron chi connectivity index (χ4n) is 2.19. The van der Waals surface area contributed by atoms with Gasteiger partial charge in [-0.1, -0.05) is 0 Å². The Kier molecular flexibility index (Phi) is 3.78. The molecule has 2 rings (SSSR count). The smallest absolute Gasteiger partial charge is 0.254 e. The Hall–Kier alpha value is -1.36. The Labute approximate surface area is 101 Å². The van der Waals surface area contributed by atoms with Gasteiger partial charge in [-0.15, -0.1) is 0 Å². The van der Waals surface area contributed by atoms with E-state index in [0.717, 1.165) is 32.2 Å². The van der Waals surface area contributed by atoms with Crippen LogP contribution in [0.25, 0.3) is 0 Å². The Morgan fingerprint density at radius 2 is 2.24 bits per heavy atom. The number of nitrogens with one attached hydrogen (secondary N) is 1. The molecule has 0 saturated heterocycles. The highest BCUT2D eigenvalue weighted by Gasteiger charge is 2.20. The molecule has 0 unspecified atom stereocenters. The van der Waals surface area contributed by atoms with E-state index in [1.54, 1.807) is 17.1 Å². The van der Waals surface area contributed by atoms with Gasteiger partial charge in [-0.05, 0) is 32.6 Å². The van der Waals surface area contributed by atoms with Crippen LogP contribution in [0.15, 0.2) is 12.4 Å². The van der Waals surface area contributed by atoms with Crippen molar-refractivity contribution < 1.29 is 4.79 Å². The van der Waals surface area contributed by atoms with E-state index in [9.17, 15) is 4.79 Å². The van der Waals surface area contributed by atoms with Crippen molar-refractivity contribution in [1.29, 1.82) is 0 Å². The van der Waals surface area contributed by atoms with Gasteiger partial charge < -0.3 is 11.1 Å². The number of carbonyl (C=O) groups excluding carboxylic acids is 1. The van der Waals surface area contributed by atoms with Crippen molar-refractivity contribution in [1.82, 2.24) is 15.1 Å². The second kappa shape index (κ2) is 5.31. The summed E-state index contributed by atoms with van der Waals surface area (Å²) in [5, 5.41) is 7.14. The topological polar surface area (TPSA) is 72.9 Å². The minimum absolute atomic E-state index is 0.0230. The lowest BCUT2D eigenvalue weighted by molar-refractivity contribution is 0.0926. The molecular formula is C12H20N4O. The van der Waals surface area contributed by atoms with Crippen LogP contribution >= 0.6 is 0 Å². The number of hydrogen-bond acceptors (Lipinski definition) is 3. The highest BCUT2D eigenvalue weighted by atomic mass is 16.1. The number of hydrogen-bond donors (Lipinski definition) is 2. The lowest BCUT2D eigenvalue weighted by Crippen LogP contribution is -2.40. The van der Waals surface area contributed by atoms with Crippen LogP contribution in [0, 0.1) is 0 Å². The second-order valence-electron chi connectivity index (χ2n) is 4.67. The molecule has 0 radical (unpaired) electrons. The Morgan fingerprint density at radius 1 is 1.53 bits per heavy atom. The number of rotatable bonds is 3. The van der Waals surface area contributed by atoms with Crippen LogP contribution in [-0.2, 0) is 6.54 Å². The summed E-state index contributed by atoms with van der Waals surface area (Å²) in [6, 6.07) is 0.582. The van der Waals surface area contributed by atoms with E-state index in [4.69, 9.17) is 5.73 Å². The lowest BCUT2D eigenvalue weighted by atomic mass is 9.92. The van der Waals surface area contributed by atoms with Crippen molar-refractivity contribution in [3.63, 3.8) is 0 Å². The van der Waals surface area contributed by atoms with Crippen LogP contribution in [0.5, 0.6) is 0 Å². The normalized spacial score (nSPS) is 24.6. The molecule has 1 aliphatic carbocycles. The van der Waals surface area contributed by atoms with Crippen LogP contribution in [-0.4, -0.2) is 27.8 Å². The van der Waals surface area contributed by atoms with Crippen LogP contribution in [0.1, 0.15) is 43.0 Å². The summed E-state index contributed by atoms with van der Waals surface area (Å²) in [7, 11) is 0. The highest BCUT2D eigenvalue weighted by Crippen LogP contribution is 2.17. The van der Waals surface area contributed by atoms with E-state index >= 15 is 0 Å². The van der Waals surface area contributed by atoms with Crippen molar-refractivity contribution in [3.8, 4) is 0 Å². The van der Waals surface area contributed by atoms with Crippen molar-refractivity contribution in [2.75, 3.05) is 0 Å². The molecule has 5 nitrogen and oxygen atoms in total. The standard InChI is InChI=1S/C12H20N4O/c1-2-16-8-9(7-14-16)12(17)15-11-5-3-10(13)4-6-11/h7-8,10-11H,2-6,13H2,1H3,(H,15,17). The van der Waals surface area contributed by atoms with Crippen LogP contribution < -0.4 is 11.1 Å². The summed E-state index contributed by atoms with van der Waals surface area (Å²) in [4.78, 5) is 11.9. The molecule has 3 N–H and O–H groups in total. The van der Waals surface area contributed by atoms with E-state index in [2.05, 4.69) is 10.4 Å². The van der Waals surface area contributed by atoms with Gasteiger partial charge >= 0.3 is 0 Å². The van der Waals surface area contributed by atoms with Gasteiger partial charge in [0.2, 0.25) is 0 Å². The first-order valence-electron chi connectivity index (χ1n) is 6.28. The number of nitrogens with two attached hydrogens (primary N) is 1. The van der Waals surface area contributed by atoms with E-state index in [0.29, 0.717) is 11.6 Å². The fourth-order valence-corrected chi connectivity index (χ4v) is 2.19. The van der Waals surface area contributed by atoms with Crippen LogP contribution in [0.4, 0.5) is 0 Å². The minimum Gasteiger partial charge on any atom is -0.349 e. The summed E-state index contributed by atoms with van der Waals surface area (Å²) in [5.41, 5.74) is 6.47. The summed E-state index contributed by atoms with van der Waals surface area (Å²) < 4.78 is 1.76. The molecule has 1 aromatic heterocycles. The summed E-state index contributed by atoms with van der Waals surface area (Å²) in [6.07, 6.45) is 7.36. The Morgan fingerprint density at radius 3 is 2.82 bits per heavy atom. The third-order valence-corrected chi connectivity index (χ3v) is 3.33. The molecule has 1 amide bonds. The molecule has 0 aromatic carbocycles. The quantitative estimate of drug-likeness (QED) is 0.819. The monoisotopic (exact) mass is 236 g/mol. The summed E-state index contributed by atoms with van der Waals surface area (Å²) >= 11 is 0. The molecule has 0 aliphatic heterocycles. The first-order valence-corrected chi connectivity index (χ1v) is 6.28. The number of nitrogens with zero attached hydrogens (tertiary/aromatic N) is 2. The Balaban J connectivity index is 1.88. The molecule has 94 valence electrons. The zero-order valence-electron chi connectivity index (χ0n) is 10.2. The molecule has 0 bridgehead atoms. The maximum atomic E-state index is 11.9. The molecule has 5 heteroatoms. The number of aromatic nitrogens is 2. The average Bonchev–Trinajstić information content (AvgIpc) is 2.81. The van der Waals surface area contributed by atoms with E-state index in [1.165, 1.54) is 0 Å². The number of amides is 1. The summed E-state index contributed by atoms with van der Waals surface area (Å²) in [5.74, 6) is -0.0230. The SMILES string of the molecule is CCn1cc(C(=O)NC2CCC(N)CC2)cn1. The van der Waals surface area contributed by atoms with Gasteiger partial charge in [0, 0.05) is 24.8 Å². The first-order chi connectivity index (χ1) is 8.19. The first kappa shape index (κ1) is 12.1. The van der Waals surface area contributed by atoms with Crippen molar-refractivity contribution in [3.05, 3.63) is 18.0 Å². The molecule has 1 heterocycles. The van der Waals surface area contributed by atoms with Crippen molar-refractivity contribution in [2.45, 2.75) is 51.2 Å². The van der Waals surface area contributed by atoms with Crippen molar-refractivity contribution in [2.24, 2.45) is 5.73 Å². The zero-order valence-corrected chi connectivity index (χ0v) is 10.2. The Bertz CT molecular complexity index is 380. The van der Waals surface area contributed by atoms with Gasteiger partial charge in [-0.25, -0.2) is 0 Å². The third-order valence-electron chi connectivity index (χ3n) is 3.33. The molecular weight excluding hydrogens is 216 g/mol. The third kappa shape index (κ3) is 3.06. The second-order valence-corrected chi connectivity index (χ2v) is 4.67. The van der Waals surface area contributed by atoms with Gasteiger partial charge in [0.1, 0.15) is 0 Å². The average molecular weight is 236 g/mol. The van der Waals surface area contributed by atoms with Gasteiger partial charge in [-0.2, -0.15) is 5.10 Å². The maximum Gasteiger partial charge on any atom is 0.254 e. The predicted octanol–water partition coefficient (Wildman–Crippen LogP) is 0.903. The number of aryl methyl sites for hydroxylation is 1. The maximum absolute atomic E-state index is 11.9. The van der Waals surface area contributed by atoms with Crippen molar-refractivity contribution >= 4 is 5.91 Å². The largest absolute Gasteiger partial charge is 0.349 e. The number of carbonyl (C=O) groups is 1. The van der Waals surface area contributed by atoms with Gasteiger partial charge in [0.25, 0.3) is 5.91 Å². The fraction of sp³-hybridized carbons (Fsp3) is 0.667. The molecule has 1 saturated carbocycles. The molecule has 0 atom stereocenters. The van der Waals surface area contributed by atoms with E-state index in [1.807, 2.05) is 6.92 Å². The summed E-state index contributed by atoms with van der Waals surface area (Å²) in [6.45, 7) is 2.78. The van der Waals surface area contributed by atoms with Gasteiger partial charge in [0.05, 0.1) is 11.8 Å². The minimum atomic E-state index is -0.0230. The molecule has 17 heavy (non-hydrogen) atoms. The molecule has 1 aliphatic rings. The van der Waals surface area contributed by atoms with E-state index < -0.39 is 0 Å². The van der Waals surface area contributed by atoms with Crippen LogP contribution in [0.3, 0.4) is 0 Å². The van der Waals surface area contributed by atoms with E-state index in [-0.39, 0.29) is 11.9 Å². The van der Waals surface area contributed by atoms with Gasteiger partial charge in [0.15, 0.2) is 0 Å². The molecule has 1 aromatic rings.